The molecule has 1 aromatic rings. The van der Waals surface area contributed by atoms with Crippen LogP contribution >= 0.6 is 0 Å². The molecule has 0 aliphatic heterocycles. The molecule has 0 fully saturated rings. The average molecular weight is 326 g/mol. The molecule has 0 saturated heterocycles. The van der Waals surface area contributed by atoms with Crippen molar-refractivity contribution in [3.63, 3.8) is 0 Å². The van der Waals surface area contributed by atoms with E-state index < -0.39 is 11.1 Å². The summed E-state index contributed by atoms with van der Waals surface area (Å²) >= 11 is -1.93. The van der Waals surface area contributed by atoms with Crippen LogP contribution in [0.5, 0.6) is 0 Å². The fraction of sp³-hybridized carbons (Fsp3) is 0.667. The standard InChI is InChI=1S/C18H31NO2S/c1-3-5-7-9-11-15-13-17(22(20)21)14-16(18(15)19)12-10-8-6-4-2/h13-14H,3-12,19H2,1-2H3,(H,20,21). The van der Waals surface area contributed by atoms with Gasteiger partial charge in [-0.2, -0.15) is 0 Å². The van der Waals surface area contributed by atoms with Crippen LogP contribution in [-0.4, -0.2) is 8.76 Å². The molecule has 1 rings (SSSR count). The van der Waals surface area contributed by atoms with Crippen LogP contribution < -0.4 is 5.73 Å². The van der Waals surface area contributed by atoms with Crippen LogP contribution in [0.1, 0.15) is 76.3 Å². The molecule has 0 amide bonds. The topological polar surface area (TPSA) is 63.3 Å². The first-order chi connectivity index (χ1) is 10.6. The van der Waals surface area contributed by atoms with Gasteiger partial charge in [-0.1, -0.05) is 52.4 Å². The Morgan fingerprint density at radius 3 is 1.73 bits per heavy atom. The van der Waals surface area contributed by atoms with E-state index in [1.807, 2.05) is 12.1 Å². The number of benzene rings is 1. The van der Waals surface area contributed by atoms with Gasteiger partial charge in [0.25, 0.3) is 0 Å². The molecule has 0 saturated carbocycles. The normalized spacial score (nSPS) is 12.5. The lowest BCUT2D eigenvalue weighted by molar-refractivity contribution is 0.564. The van der Waals surface area contributed by atoms with Crippen molar-refractivity contribution in [3.05, 3.63) is 23.3 Å². The van der Waals surface area contributed by atoms with E-state index in [2.05, 4.69) is 13.8 Å². The van der Waals surface area contributed by atoms with E-state index in [0.29, 0.717) is 4.90 Å². The van der Waals surface area contributed by atoms with E-state index in [1.165, 1.54) is 38.5 Å². The number of nitrogens with two attached hydrogens (primary N) is 1. The first kappa shape index (κ1) is 19.2. The summed E-state index contributed by atoms with van der Waals surface area (Å²) in [7, 11) is 0. The van der Waals surface area contributed by atoms with Crippen molar-refractivity contribution in [3.8, 4) is 0 Å². The number of aryl methyl sites for hydroxylation is 2. The van der Waals surface area contributed by atoms with Crippen molar-refractivity contribution in [1.29, 1.82) is 0 Å². The maximum Gasteiger partial charge on any atom is 0.186 e. The molecule has 0 aliphatic rings. The second-order valence-corrected chi connectivity index (χ2v) is 7.00. The third kappa shape index (κ3) is 6.49. The Balaban J connectivity index is 2.80. The SMILES string of the molecule is CCCCCCc1cc(S(=O)O)cc(CCCCCC)c1N. The Bertz CT molecular complexity index is 441. The van der Waals surface area contributed by atoms with Crippen LogP contribution in [0.25, 0.3) is 0 Å². The summed E-state index contributed by atoms with van der Waals surface area (Å²) in [6, 6.07) is 3.62. The molecule has 3 N–H and O–H groups in total. The van der Waals surface area contributed by atoms with Crippen molar-refractivity contribution in [2.24, 2.45) is 0 Å². The van der Waals surface area contributed by atoms with Gasteiger partial charge in [-0.05, 0) is 48.9 Å². The second kappa shape index (κ2) is 10.8. The lowest BCUT2D eigenvalue weighted by Crippen LogP contribution is -2.04. The van der Waals surface area contributed by atoms with Gasteiger partial charge in [-0.3, -0.25) is 0 Å². The molecule has 1 atom stereocenters. The van der Waals surface area contributed by atoms with E-state index in [0.717, 1.165) is 42.5 Å². The number of nitrogen functional groups attached to an aromatic ring is 1. The Labute approximate surface area is 138 Å². The predicted octanol–water partition coefficient (Wildman–Crippen LogP) is 5.10. The maximum atomic E-state index is 11.4. The number of unbranched alkanes of at least 4 members (excludes halogenated alkanes) is 6. The summed E-state index contributed by atoms with van der Waals surface area (Å²) in [4.78, 5) is 0.491. The summed E-state index contributed by atoms with van der Waals surface area (Å²) in [5.74, 6) is 0. The maximum absolute atomic E-state index is 11.4. The third-order valence-electron chi connectivity index (χ3n) is 4.13. The fourth-order valence-electron chi connectivity index (χ4n) is 2.75. The highest BCUT2D eigenvalue weighted by Crippen LogP contribution is 2.26. The Hall–Kier alpha value is -0.870. The zero-order valence-corrected chi connectivity index (χ0v) is 14.9. The molecular weight excluding hydrogens is 294 g/mol. The molecule has 3 nitrogen and oxygen atoms in total. The summed E-state index contributed by atoms with van der Waals surface area (Å²) in [5.41, 5.74) is 9.22. The molecule has 1 aromatic carbocycles. The molecule has 0 spiro atoms. The highest BCUT2D eigenvalue weighted by atomic mass is 32.2. The zero-order valence-electron chi connectivity index (χ0n) is 14.1. The Morgan fingerprint density at radius 2 is 1.36 bits per heavy atom. The van der Waals surface area contributed by atoms with E-state index in [-0.39, 0.29) is 0 Å². The highest BCUT2D eigenvalue weighted by Gasteiger charge is 2.11. The minimum atomic E-state index is -1.93. The smallest absolute Gasteiger partial charge is 0.186 e. The highest BCUT2D eigenvalue weighted by molar-refractivity contribution is 7.79. The summed E-state index contributed by atoms with van der Waals surface area (Å²) < 4.78 is 20.9. The Morgan fingerprint density at radius 1 is 0.909 bits per heavy atom. The van der Waals surface area contributed by atoms with Crippen molar-refractivity contribution in [1.82, 2.24) is 0 Å². The molecule has 0 radical (unpaired) electrons. The molecule has 0 aliphatic carbocycles. The van der Waals surface area contributed by atoms with Crippen LogP contribution in [-0.2, 0) is 23.9 Å². The van der Waals surface area contributed by atoms with E-state index >= 15 is 0 Å². The predicted molar refractivity (Wildman–Crippen MR) is 95.6 cm³/mol. The van der Waals surface area contributed by atoms with E-state index in [9.17, 15) is 8.76 Å². The molecule has 22 heavy (non-hydrogen) atoms. The minimum absolute atomic E-state index is 0.491. The Kier molecular flexibility index (Phi) is 9.41. The van der Waals surface area contributed by atoms with Gasteiger partial charge in [-0.15, -0.1) is 0 Å². The van der Waals surface area contributed by atoms with Crippen molar-refractivity contribution >= 4 is 16.8 Å². The third-order valence-corrected chi connectivity index (χ3v) is 4.76. The lowest BCUT2D eigenvalue weighted by Gasteiger charge is -2.13. The number of hydrogen-bond donors (Lipinski definition) is 2. The summed E-state index contributed by atoms with van der Waals surface area (Å²) in [6.07, 6.45) is 11.2. The van der Waals surface area contributed by atoms with Gasteiger partial charge in [0.15, 0.2) is 11.1 Å². The second-order valence-electron chi connectivity index (χ2n) is 6.03. The van der Waals surface area contributed by atoms with Gasteiger partial charge in [-0.25, -0.2) is 4.21 Å². The van der Waals surface area contributed by atoms with Gasteiger partial charge in [0, 0.05) is 5.69 Å². The van der Waals surface area contributed by atoms with E-state index in [4.69, 9.17) is 5.73 Å². The van der Waals surface area contributed by atoms with Crippen molar-refractivity contribution in [2.45, 2.75) is 83.0 Å². The summed E-state index contributed by atoms with van der Waals surface area (Å²) in [5, 5.41) is 0. The molecule has 1 unspecified atom stereocenters. The van der Waals surface area contributed by atoms with Crippen LogP contribution in [0.4, 0.5) is 5.69 Å². The molecule has 126 valence electrons. The van der Waals surface area contributed by atoms with Gasteiger partial charge in [0.1, 0.15) is 0 Å². The van der Waals surface area contributed by atoms with Crippen LogP contribution in [0.2, 0.25) is 0 Å². The van der Waals surface area contributed by atoms with Gasteiger partial charge in [0.2, 0.25) is 0 Å². The molecule has 0 heterocycles. The lowest BCUT2D eigenvalue weighted by atomic mass is 9.98. The van der Waals surface area contributed by atoms with Crippen LogP contribution in [0.3, 0.4) is 0 Å². The largest absolute Gasteiger partial charge is 0.398 e. The number of anilines is 1. The minimum Gasteiger partial charge on any atom is -0.398 e. The van der Waals surface area contributed by atoms with Crippen LogP contribution in [0, 0.1) is 0 Å². The number of rotatable bonds is 11. The van der Waals surface area contributed by atoms with Gasteiger partial charge < -0.3 is 10.3 Å². The molecule has 4 heteroatoms. The fourth-order valence-corrected chi connectivity index (χ4v) is 3.23. The van der Waals surface area contributed by atoms with E-state index in [1.54, 1.807) is 0 Å². The zero-order chi connectivity index (χ0) is 16.4. The quantitative estimate of drug-likeness (QED) is 0.338. The molecular formula is C18H31NO2S. The van der Waals surface area contributed by atoms with Gasteiger partial charge in [0.05, 0.1) is 4.90 Å². The molecule has 0 bridgehead atoms. The van der Waals surface area contributed by atoms with Crippen molar-refractivity contribution < 1.29 is 8.76 Å². The van der Waals surface area contributed by atoms with Crippen molar-refractivity contribution in [2.75, 3.05) is 5.73 Å². The average Bonchev–Trinajstić information content (AvgIpc) is 2.50. The first-order valence-corrected chi connectivity index (χ1v) is 9.72. The van der Waals surface area contributed by atoms with Gasteiger partial charge >= 0.3 is 0 Å². The first-order valence-electron chi connectivity index (χ1n) is 8.62. The summed E-state index contributed by atoms with van der Waals surface area (Å²) in [6.45, 7) is 4.39. The molecule has 0 aromatic heterocycles. The monoisotopic (exact) mass is 325 g/mol. The van der Waals surface area contributed by atoms with Crippen LogP contribution in [0.15, 0.2) is 17.0 Å². The number of hydrogen-bond acceptors (Lipinski definition) is 2.